The topological polar surface area (TPSA) is 56.7 Å². The SMILES string of the molecule is CN(C)C(=O)CN=C(NC1CC1)NC1CCC(c2ccccc2)CC1. The van der Waals surface area contributed by atoms with E-state index >= 15 is 0 Å². The number of nitrogens with zero attached hydrogens (tertiary/aromatic N) is 2. The van der Waals surface area contributed by atoms with Crippen LogP contribution in [0.3, 0.4) is 0 Å². The maximum absolute atomic E-state index is 11.8. The molecule has 5 nitrogen and oxygen atoms in total. The normalized spacial score (nSPS) is 23.8. The second-order valence-corrected chi connectivity index (χ2v) is 7.48. The van der Waals surface area contributed by atoms with E-state index in [9.17, 15) is 4.79 Å². The molecule has 0 saturated heterocycles. The number of hydrogen-bond donors (Lipinski definition) is 2. The molecule has 0 atom stereocenters. The van der Waals surface area contributed by atoms with Crippen LogP contribution in [-0.4, -0.2) is 49.5 Å². The van der Waals surface area contributed by atoms with Crippen molar-refractivity contribution in [1.29, 1.82) is 0 Å². The molecule has 0 bridgehead atoms. The maximum atomic E-state index is 11.8. The van der Waals surface area contributed by atoms with E-state index < -0.39 is 0 Å². The Morgan fingerprint density at radius 3 is 2.08 bits per heavy atom. The average molecular weight is 342 g/mol. The van der Waals surface area contributed by atoms with Crippen LogP contribution >= 0.6 is 0 Å². The van der Waals surface area contributed by atoms with E-state index in [0.717, 1.165) is 18.8 Å². The van der Waals surface area contributed by atoms with E-state index in [4.69, 9.17) is 0 Å². The lowest BCUT2D eigenvalue weighted by atomic mass is 9.82. The molecule has 1 aromatic rings. The molecule has 3 rings (SSSR count). The van der Waals surface area contributed by atoms with Gasteiger partial charge in [-0.05, 0) is 50.0 Å². The molecular weight excluding hydrogens is 312 g/mol. The van der Waals surface area contributed by atoms with E-state index in [0.29, 0.717) is 18.0 Å². The molecular formula is C20H30N4O. The van der Waals surface area contributed by atoms with Gasteiger partial charge in [0.2, 0.25) is 5.91 Å². The average Bonchev–Trinajstić information content (AvgIpc) is 3.44. The van der Waals surface area contributed by atoms with Gasteiger partial charge in [-0.15, -0.1) is 0 Å². The minimum Gasteiger partial charge on any atom is -0.354 e. The van der Waals surface area contributed by atoms with Gasteiger partial charge >= 0.3 is 0 Å². The third-order valence-corrected chi connectivity index (χ3v) is 5.13. The van der Waals surface area contributed by atoms with Crippen LogP contribution in [0.4, 0.5) is 0 Å². The summed E-state index contributed by atoms with van der Waals surface area (Å²) in [5.74, 6) is 1.51. The van der Waals surface area contributed by atoms with Gasteiger partial charge in [0, 0.05) is 26.2 Å². The number of carbonyl (C=O) groups is 1. The quantitative estimate of drug-likeness (QED) is 0.638. The first-order valence-electron chi connectivity index (χ1n) is 9.44. The van der Waals surface area contributed by atoms with Gasteiger partial charge < -0.3 is 15.5 Å². The standard InChI is InChI=1S/C20H30N4O/c1-24(2)19(25)14-21-20(23-18-12-13-18)22-17-10-8-16(9-11-17)15-6-4-3-5-7-15/h3-7,16-18H,8-14H2,1-2H3,(H2,21,22,23). The lowest BCUT2D eigenvalue weighted by molar-refractivity contribution is -0.127. The lowest BCUT2D eigenvalue weighted by Crippen LogP contribution is -2.46. The third kappa shape index (κ3) is 5.48. The fraction of sp³-hybridized carbons (Fsp3) is 0.600. The molecule has 25 heavy (non-hydrogen) atoms. The predicted molar refractivity (Wildman–Crippen MR) is 102 cm³/mol. The number of hydrogen-bond acceptors (Lipinski definition) is 2. The molecule has 2 fully saturated rings. The predicted octanol–water partition coefficient (Wildman–Crippen LogP) is 2.50. The highest BCUT2D eigenvalue weighted by molar-refractivity contribution is 5.85. The molecule has 0 radical (unpaired) electrons. The van der Waals surface area contributed by atoms with Crippen LogP contribution < -0.4 is 10.6 Å². The van der Waals surface area contributed by atoms with Crippen molar-refractivity contribution in [3.05, 3.63) is 35.9 Å². The lowest BCUT2D eigenvalue weighted by Gasteiger charge is -2.30. The monoisotopic (exact) mass is 342 g/mol. The molecule has 2 aliphatic rings. The second-order valence-electron chi connectivity index (χ2n) is 7.48. The summed E-state index contributed by atoms with van der Waals surface area (Å²) in [5, 5.41) is 7.01. The maximum Gasteiger partial charge on any atom is 0.243 e. The van der Waals surface area contributed by atoms with Crippen LogP contribution in [0, 0.1) is 0 Å². The van der Waals surface area contributed by atoms with Crippen molar-refractivity contribution < 1.29 is 4.79 Å². The van der Waals surface area contributed by atoms with Crippen molar-refractivity contribution in [2.24, 2.45) is 4.99 Å². The van der Waals surface area contributed by atoms with E-state index in [1.807, 2.05) is 0 Å². The van der Waals surface area contributed by atoms with Gasteiger partial charge in [0.05, 0.1) is 0 Å². The molecule has 0 heterocycles. The Morgan fingerprint density at radius 1 is 1.00 bits per heavy atom. The van der Waals surface area contributed by atoms with E-state index in [2.05, 4.69) is 46.0 Å². The van der Waals surface area contributed by atoms with Crippen molar-refractivity contribution >= 4 is 11.9 Å². The molecule has 0 spiro atoms. The smallest absolute Gasteiger partial charge is 0.243 e. The van der Waals surface area contributed by atoms with Crippen LogP contribution in [0.1, 0.15) is 50.0 Å². The molecule has 0 aromatic heterocycles. The molecule has 1 aromatic carbocycles. The summed E-state index contributed by atoms with van der Waals surface area (Å²) in [6.07, 6.45) is 7.09. The minimum absolute atomic E-state index is 0.0321. The minimum atomic E-state index is 0.0321. The number of aliphatic imine (C=N–C) groups is 1. The molecule has 2 saturated carbocycles. The molecule has 0 aliphatic heterocycles. The van der Waals surface area contributed by atoms with Crippen molar-refractivity contribution in [3.8, 4) is 0 Å². The van der Waals surface area contributed by atoms with E-state index in [-0.39, 0.29) is 12.5 Å². The van der Waals surface area contributed by atoms with Gasteiger partial charge in [0.1, 0.15) is 6.54 Å². The number of guanidine groups is 1. The van der Waals surface area contributed by atoms with Crippen LogP contribution in [0.5, 0.6) is 0 Å². The Morgan fingerprint density at radius 2 is 1.56 bits per heavy atom. The summed E-state index contributed by atoms with van der Waals surface area (Å²) in [4.78, 5) is 17.9. The largest absolute Gasteiger partial charge is 0.354 e. The number of benzene rings is 1. The molecule has 2 N–H and O–H groups in total. The molecule has 136 valence electrons. The zero-order valence-electron chi connectivity index (χ0n) is 15.4. The summed E-state index contributed by atoms with van der Waals surface area (Å²) >= 11 is 0. The van der Waals surface area contributed by atoms with Crippen molar-refractivity contribution in [3.63, 3.8) is 0 Å². The van der Waals surface area contributed by atoms with Gasteiger partial charge in [-0.25, -0.2) is 4.99 Å². The fourth-order valence-corrected chi connectivity index (χ4v) is 3.33. The van der Waals surface area contributed by atoms with Crippen molar-refractivity contribution in [2.45, 2.75) is 56.5 Å². The molecule has 0 unspecified atom stereocenters. The van der Waals surface area contributed by atoms with Gasteiger partial charge in [-0.1, -0.05) is 30.3 Å². The van der Waals surface area contributed by atoms with E-state index in [1.54, 1.807) is 19.0 Å². The zero-order chi connectivity index (χ0) is 17.6. The summed E-state index contributed by atoms with van der Waals surface area (Å²) in [6, 6.07) is 11.8. The Bertz CT molecular complexity index is 587. The second kappa shape index (κ2) is 8.37. The van der Waals surface area contributed by atoms with Gasteiger partial charge in [0.15, 0.2) is 5.96 Å². The van der Waals surface area contributed by atoms with Crippen LogP contribution in [0.15, 0.2) is 35.3 Å². The Balaban J connectivity index is 1.52. The van der Waals surface area contributed by atoms with Gasteiger partial charge in [-0.2, -0.15) is 0 Å². The van der Waals surface area contributed by atoms with Crippen LogP contribution in [0.2, 0.25) is 0 Å². The highest BCUT2D eigenvalue weighted by Crippen LogP contribution is 2.32. The Kier molecular flexibility index (Phi) is 5.95. The third-order valence-electron chi connectivity index (χ3n) is 5.13. The molecule has 2 aliphatic carbocycles. The van der Waals surface area contributed by atoms with E-state index in [1.165, 1.54) is 31.2 Å². The van der Waals surface area contributed by atoms with Crippen molar-refractivity contribution in [1.82, 2.24) is 15.5 Å². The zero-order valence-corrected chi connectivity index (χ0v) is 15.4. The van der Waals surface area contributed by atoms with Gasteiger partial charge in [-0.3, -0.25) is 4.79 Å². The molecule has 1 amide bonds. The van der Waals surface area contributed by atoms with Crippen LogP contribution in [0.25, 0.3) is 0 Å². The summed E-state index contributed by atoms with van der Waals surface area (Å²) < 4.78 is 0. The van der Waals surface area contributed by atoms with Crippen LogP contribution in [-0.2, 0) is 4.79 Å². The Hall–Kier alpha value is -2.04. The number of carbonyl (C=O) groups excluding carboxylic acids is 1. The highest BCUT2D eigenvalue weighted by atomic mass is 16.2. The first-order chi connectivity index (χ1) is 12.1. The number of amides is 1. The summed E-state index contributed by atoms with van der Waals surface area (Å²) in [7, 11) is 3.54. The Labute approximate surface area is 150 Å². The summed E-state index contributed by atoms with van der Waals surface area (Å²) in [5.41, 5.74) is 1.46. The fourth-order valence-electron chi connectivity index (χ4n) is 3.33. The highest BCUT2D eigenvalue weighted by Gasteiger charge is 2.26. The van der Waals surface area contributed by atoms with Gasteiger partial charge in [0.25, 0.3) is 0 Å². The first kappa shape index (κ1) is 17.8. The summed E-state index contributed by atoms with van der Waals surface area (Å²) in [6.45, 7) is 0.203. The number of likely N-dealkylation sites (N-methyl/N-ethyl adjacent to an activating group) is 1. The number of nitrogens with one attached hydrogen (secondary N) is 2. The van der Waals surface area contributed by atoms with Crippen molar-refractivity contribution in [2.75, 3.05) is 20.6 Å². The number of rotatable bonds is 5. The molecule has 5 heteroatoms. The first-order valence-corrected chi connectivity index (χ1v) is 9.44.